The molecule has 25 heavy (non-hydrogen) atoms. The predicted molar refractivity (Wildman–Crippen MR) is 93.4 cm³/mol. The maximum Gasteiger partial charge on any atom is 0.224 e. The number of amides is 1. The second kappa shape index (κ2) is 7.55. The summed E-state index contributed by atoms with van der Waals surface area (Å²) in [6, 6.07) is 10.2. The molecule has 1 aliphatic rings. The van der Waals surface area contributed by atoms with Gasteiger partial charge in [0.2, 0.25) is 5.91 Å². The lowest BCUT2D eigenvalue weighted by molar-refractivity contribution is -0.120. The van der Waals surface area contributed by atoms with Gasteiger partial charge >= 0.3 is 0 Å². The smallest absolute Gasteiger partial charge is 0.224 e. The van der Waals surface area contributed by atoms with Gasteiger partial charge in [0.1, 0.15) is 23.4 Å². The lowest BCUT2D eigenvalue weighted by Gasteiger charge is -2.13. The van der Waals surface area contributed by atoms with E-state index in [-0.39, 0.29) is 24.2 Å². The Kier molecular flexibility index (Phi) is 5.22. The van der Waals surface area contributed by atoms with E-state index >= 15 is 0 Å². The molecule has 1 atom stereocenters. The van der Waals surface area contributed by atoms with Crippen molar-refractivity contribution in [3.05, 3.63) is 58.9 Å². The topological polar surface area (TPSA) is 47.6 Å². The molecular weight excluding hydrogens is 321 g/mol. The zero-order valence-corrected chi connectivity index (χ0v) is 14.5. The fraction of sp³-hybridized carbons (Fsp3) is 0.350. The van der Waals surface area contributed by atoms with Gasteiger partial charge in [-0.2, -0.15) is 0 Å². The van der Waals surface area contributed by atoms with Gasteiger partial charge in [0.05, 0.1) is 13.0 Å². The fourth-order valence-electron chi connectivity index (χ4n) is 2.98. The lowest BCUT2D eigenvalue weighted by atomic mass is 10.1. The Bertz CT molecular complexity index is 776. The average molecular weight is 343 g/mol. The SMILES string of the molecule is CCOc1cc2c(cc1CNC(=O)Cc1ccccc1F)OC(C)C2. The molecule has 4 nitrogen and oxygen atoms in total. The molecule has 5 heteroatoms. The van der Waals surface area contributed by atoms with Crippen LogP contribution in [0.25, 0.3) is 0 Å². The van der Waals surface area contributed by atoms with Crippen LogP contribution in [-0.4, -0.2) is 18.6 Å². The average Bonchev–Trinajstić information content (AvgIpc) is 2.94. The summed E-state index contributed by atoms with van der Waals surface area (Å²) < 4.78 is 25.1. The quantitative estimate of drug-likeness (QED) is 0.874. The van der Waals surface area contributed by atoms with E-state index in [2.05, 4.69) is 5.32 Å². The number of fused-ring (bicyclic) bond motifs is 1. The highest BCUT2D eigenvalue weighted by atomic mass is 19.1. The molecule has 2 aromatic carbocycles. The number of benzene rings is 2. The highest BCUT2D eigenvalue weighted by molar-refractivity contribution is 5.78. The molecule has 3 rings (SSSR count). The van der Waals surface area contributed by atoms with E-state index in [1.807, 2.05) is 26.0 Å². The van der Waals surface area contributed by atoms with Crippen LogP contribution >= 0.6 is 0 Å². The van der Waals surface area contributed by atoms with Crippen molar-refractivity contribution in [1.29, 1.82) is 0 Å². The number of carbonyl (C=O) groups is 1. The summed E-state index contributed by atoms with van der Waals surface area (Å²) in [5, 5.41) is 2.83. The Hall–Kier alpha value is -2.56. The highest BCUT2D eigenvalue weighted by Crippen LogP contribution is 2.35. The molecule has 0 aliphatic carbocycles. The van der Waals surface area contributed by atoms with Gasteiger partial charge in [-0.15, -0.1) is 0 Å². The first kappa shape index (κ1) is 17.3. The number of hydrogen-bond donors (Lipinski definition) is 1. The highest BCUT2D eigenvalue weighted by Gasteiger charge is 2.22. The minimum atomic E-state index is -0.368. The Morgan fingerprint density at radius 3 is 2.88 bits per heavy atom. The van der Waals surface area contributed by atoms with E-state index in [9.17, 15) is 9.18 Å². The van der Waals surface area contributed by atoms with Crippen LogP contribution in [0.5, 0.6) is 11.5 Å². The van der Waals surface area contributed by atoms with E-state index in [0.717, 1.165) is 29.0 Å². The van der Waals surface area contributed by atoms with Gasteiger partial charge in [-0.1, -0.05) is 18.2 Å². The first-order chi connectivity index (χ1) is 12.1. The van der Waals surface area contributed by atoms with Crippen molar-refractivity contribution < 1.29 is 18.7 Å². The number of hydrogen-bond acceptors (Lipinski definition) is 3. The van der Waals surface area contributed by atoms with Crippen molar-refractivity contribution >= 4 is 5.91 Å². The molecule has 2 aromatic rings. The molecule has 0 aromatic heterocycles. The monoisotopic (exact) mass is 343 g/mol. The van der Waals surface area contributed by atoms with Crippen molar-refractivity contribution in [2.24, 2.45) is 0 Å². The minimum Gasteiger partial charge on any atom is -0.494 e. The predicted octanol–water partition coefficient (Wildman–Crippen LogP) is 3.41. The van der Waals surface area contributed by atoms with Gasteiger partial charge in [0.25, 0.3) is 0 Å². The van der Waals surface area contributed by atoms with Crippen LogP contribution in [0.1, 0.15) is 30.5 Å². The van der Waals surface area contributed by atoms with Crippen molar-refractivity contribution in [1.82, 2.24) is 5.32 Å². The summed E-state index contributed by atoms with van der Waals surface area (Å²) in [6.45, 7) is 4.81. The molecule has 0 radical (unpaired) electrons. The molecule has 1 N–H and O–H groups in total. The van der Waals surface area contributed by atoms with Crippen molar-refractivity contribution in [3.63, 3.8) is 0 Å². The first-order valence-corrected chi connectivity index (χ1v) is 8.52. The fourth-order valence-corrected chi connectivity index (χ4v) is 2.98. The van der Waals surface area contributed by atoms with E-state index in [0.29, 0.717) is 18.7 Å². The summed E-state index contributed by atoms with van der Waals surface area (Å²) in [7, 11) is 0. The minimum absolute atomic E-state index is 0.00904. The van der Waals surface area contributed by atoms with Crippen LogP contribution in [0.15, 0.2) is 36.4 Å². The zero-order valence-electron chi connectivity index (χ0n) is 14.5. The van der Waals surface area contributed by atoms with Crippen molar-refractivity contribution in [2.45, 2.75) is 39.3 Å². The molecule has 1 amide bonds. The molecule has 0 fully saturated rings. The largest absolute Gasteiger partial charge is 0.494 e. The summed E-state index contributed by atoms with van der Waals surface area (Å²) in [6.07, 6.45) is 1.01. The molecule has 0 saturated heterocycles. The van der Waals surface area contributed by atoms with E-state index < -0.39 is 0 Å². The van der Waals surface area contributed by atoms with E-state index in [1.165, 1.54) is 6.07 Å². The van der Waals surface area contributed by atoms with E-state index in [4.69, 9.17) is 9.47 Å². The molecule has 0 saturated carbocycles. The van der Waals surface area contributed by atoms with Crippen LogP contribution in [0.4, 0.5) is 4.39 Å². The summed E-state index contributed by atoms with van der Waals surface area (Å²) in [5.74, 6) is 0.995. The molecular formula is C20H22FNO3. The number of rotatable bonds is 6. The number of nitrogens with one attached hydrogen (secondary N) is 1. The Morgan fingerprint density at radius 2 is 2.12 bits per heavy atom. The maximum absolute atomic E-state index is 13.6. The molecule has 132 valence electrons. The number of halogens is 1. The third-order valence-electron chi connectivity index (χ3n) is 4.16. The van der Waals surface area contributed by atoms with Gasteiger partial charge in [0, 0.05) is 24.1 Å². The van der Waals surface area contributed by atoms with Gasteiger partial charge in [-0.3, -0.25) is 4.79 Å². The van der Waals surface area contributed by atoms with Crippen LogP contribution in [-0.2, 0) is 24.2 Å². The van der Waals surface area contributed by atoms with Gasteiger partial charge in [0.15, 0.2) is 0 Å². The third kappa shape index (κ3) is 4.10. The van der Waals surface area contributed by atoms with Crippen LogP contribution in [0.3, 0.4) is 0 Å². The molecule has 1 aliphatic heterocycles. The Labute approximate surface area is 147 Å². The first-order valence-electron chi connectivity index (χ1n) is 8.52. The third-order valence-corrected chi connectivity index (χ3v) is 4.16. The number of carbonyl (C=O) groups excluding carboxylic acids is 1. The van der Waals surface area contributed by atoms with Gasteiger partial charge < -0.3 is 14.8 Å². The second-order valence-electron chi connectivity index (χ2n) is 6.18. The molecule has 1 unspecified atom stereocenters. The van der Waals surface area contributed by atoms with Crippen molar-refractivity contribution in [2.75, 3.05) is 6.61 Å². The lowest BCUT2D eigenvalue weighted by Crippen LogP contribution is -2.25. The van der Waals surface area contributed by atoms with Crippen LogP contribution in [0.2, 0.25) is 0 Å². The van der Waals surface area contributed by atoms with Crippen molar-refractivity contribution in [3.8, 4) is 11.5 Å². The van der Waals surface area contributed by atoms with E-state index in [1.54, 1.807) is 18.2 Å². The Balaban J connectivity index is 1.69. The second-order valence-corrected chi connectivity index (χ2v) is 6.18. The molecule has 1 heterocycles. The van der Waals surface area contributed by atoms with Gasteiger partial charge in [-0.25, -0.2) is 4.39 Å². The summed E-state index contributed by atoms with van der Waals surface area (Å²) in [5.41, 5.74) is 2.37. The Morgan fingerprint density at radius 1 is 1.32 bits per heavy atom. The zero-order chi connectivity index (χ0) is 17.8. The normalized spacial score (nSPS) is 15.4. The van der Waals surface area contributed by atoms with Crippen LogP contribution < -0.4 is 14.8 Å². The number of ether oxygens (including phenoxy) is 2. The van der Waals surface area contributed by atoms with Crippen LogP contribution in [0, 0.1) is 5.82 Å². The molecule has 0 spiro atoms. The standard InChI is InChI=1S/C20H22FNO3/c1-3-24-18-9-15-8-13(2)25-19(15)10-16(18)12-22-20(23)11-14-6-4-5-7-17(14)21/h4-7,9-10,13H,3,8,11-12H2,1-2H3,(H,22,23). The molecule has 0 bridgehead atoms. The van der Waals surface area contributed by atoms with Gasteiger partial charge in [-0.05, 0) is 37.6 Å². The summed E-state index contributed by atoms with van der Waals surface area (Å²) >= 11 is 0. The summed E-state index contributed by atoms with van der Waals surface area (Å²) in [4.78, 5) is 12.1. The maximum atomic E-state index is 13.6.